The summed E-state index contributed by atoms with van der Waals surface area (Å²) in [6.07, 6.45) is -4.51. The van der Waals surface area contributed by atoms with Crippen LogP contribution in [0.1, 0.15) is 5.69 Å². The molecule has 0 fully saturated rings. The Bertz CT molecular complexity index is 1170. The average Bonchev–Trinajstić information content (AvgIpc) is 3.02. The fourth-order valence-electron chi connectivity index (χ4n) is 2.79. The van der Waals surface area contributed by atoms with Crippen molar-refractivity contribution in [1.29, 1.82) is 0 Å². The van der Waals surface area contributed by atoms with Gasteiger partial charge in [0.2, 0.25) is 10.0 Å². The number of hydrogen-bond donors (Lipinski definition) is 1. The third-order valence-electron chi connectivity index (χ3n) is 4.04. The van der Waals surface area contributed by atoms with Crippen LogP contribution in [0.5, 0.6) is 5.75 Å². The highest BCUT2D eigenvalue weighted by Crippen LogP contribution is 2.36. The van der Waals surface area contributed by atoms with Crippen LogP contribution in [0.2, 0.25) is 10.0 Å². The summed E-state index contributed by atoms with van der Waals surface area (Å²) in [6, 6.07) is 8.19. The van der Waals surface area contributed by atoms with Crippen LogP contribution in [-0.2, 0) is 16.4 Å². The number of alkyl halides is 3. The minimum atomic E-state index is -4.47. The van der Waals surface area contributed by atoms with Gasteiger partial charge in [0, 0.05) is 11.8 Å². The van der Waals surface area contributed by atoms with E-state index >= 15 is 0 Å². The summed E-state index contributed by atoms with van der Waals surface area (Å²) in [5.74, 6) is 0.351. The number of nitrogens with two attached hydrogens (primary N) is 1. The monoisotopic (exact) mass is 479 g/mol. The molecule has 2 aromatic carbocycles. The molecule has 0 aliphatic carbocycles. The van der Waals surface area contributed by atoms with Gasteiger partial charge >= 0.3 is 6.18 Å². The lowest BCUT2D eigenvalue weighted by molar-refractivity contribution is -0.127. The summed E-state index contributed by atoms with van der Waals surface area (Å²) < 4.78 is 68.1. The highest BCUT2D eigenvalue weighted by molar-refractivity contribution is 7.89. The van der Waals surface area contributed by atoms with Gasteiger partial charge in [-0.2, -0.15) is 13.2 Å². The fraction of sp³-hybridized carbons (Fsp3) is 0.167. The number of ether oxygens (including phenoxy) is 1. The lowest BCUT2D eigenvalue weighted by Gasteiger charge is -2.12. The largest absolute Gasteiger partial charge is 0.494 e. The zero-order valence-corrected chi connectivity index (χ0v) is 17.6. The van der Waals surface area contributed by atoms with Crippen molar-refractivity contribution in [2.45, 2.75) is 17.5 Å². The molecule has 3 aromatic rings. The highest BCUT2D eigenvalue weighted by Gasteiger charge is 2.30. The van der Waals surface area contributed by atoms with Gasteiger partial charge in [-0.15, -0.1) is 0 Å². The van der Waals surface area contributed by atoms with Gasteiger partial charge in [0.25, 0.3) is 0 Å². The number of rotatable bonds is 5. The number of imidazole rings is 1. The number of hydrogen-bond acceptors (Lipinski definition) is 4. The summed E-state index contributed by atoms with van der Waals surface area (Å²) in [7, 11) is -2.55. The molecule has 0 bridgehead atoms. The zero-order valence-electron chi connectivity index (χ0n) is 15.2. The second-order valence-corrected chi connectivity index (χ2v) is 8.61. The van der Waals surface area contributed by atoms with E-state index < -0.39 is 22.6 Å². The minimum absolute atomic E-state index is 0.132. The Balaban J connectivity index is 2.17. The first-order chi connectivity index (χ1) is 13.9. The number of methoxy groups -OCH3 is 1. The summed E-state index contributed by atoms with van der Waals surface area (Å²) in [5.41, 5.74) is 0.465. The van der Waals surface area contributed by atoms with E-state index in [1.165, 1.54) is 54.3 Å². The normalized spacial score (nSPS) is 12.2. The quantitative estimate of drug-likeness (QED) is 0.578. The Morgan fingerprint density at radius 2 is 1.70 bits per heavy atom. The van der Waals surface area contributed by atoms with Crippen LogP contribution in [0.15, 0.2) is 47.5 Å². The Hall–Kier alpha value is -2.27. The lowest BCUT2D eigenvalue weighted by Crippen LogP contribution is -2.12. The predicted molar refractivity (Wildman–Crippen MR) is 107 cm³/mol. The maximum atomic E-state index is 12.9. The number of primary sulfonamides is 1. The summed E-state index contributed by atoms with van der Waals surface area (Å²) in [6.45, 7) is 0. The van der Waals surface area contributed by atoms with Crippen molar-refractivity contribution in [3.8, 4) is 22.8 Å². The highest BCUT2D eigenvalue weighted by atomic mass is 35.5. The average molecular weight is 480 g/mol. The second kappa shape index (κ2) is 8.10. The number of sulfonamides is 1. The molecular formula is C18H14Cl2F3N3O3S. The molecule has 0 saturated heterocycles. The van der Waals surface area contributed by atoms with Gasteiger partial charge in [-0.05, 0) is 36.4 Å². The van der Waals surface area contributed by atoms with Crippen molar-refractivity contribution >= 4 is 33.2 Å². The van der Waals surface area contributed by atoms with Crippen LogP contribution in [0.3, 0.4) is 0 Å². The van der Waals surface area contributed by atoms with Gasteiger partial charge < -0.3 is 4.74 Å². The molecule has 0 amide bonds. The maximum absolute atomic E-state index is 12.9. The lowest BCUT2D eigenvalue weighted by atomic mass is 10.2. The molecule has 12 heteroatoms. The van der Waals surface area contributed by atoms with E-state index in [0.717, 1.165) is 0 Å². The van der Waals surface area contributed by atoms with Crippen molar-refractivity contribution in [2.75, 3.05) is 7.11 Å². The Morgan fingerprint density at radius 3 is 2.17 bits per heavy atom. The smallest absolute Gasteiger partial charge is 0.394 e. The standard InChI is InChI=1S/C18H14Cl2F3N3O3S/c1-29-16-14(19)6-12(7-15(16)20)26-9-11(8-18(21,22)23)25-17(26)10-2-4-13(5-3-10)30(24,27)28/h2-7,9H,8H2,1H3,(H2,24,27,28). The second-order valence-electron chi connectivity index (χ2n) is 6.23. The summed E-state index contributed by atoms with van der Waals surface area (Å²) >= 11 is 12.3. The Labute approximate surface area is 180 Å². The van der Waals surface area contributed by atoms with Crippen molar-refractivity contribution < 1.29 is 26.3 Å². The Morgan fingerprint density at radius 1 is 1.13 bits per heavy atom. The van der Waals surface area contributed by atoms with Crippen molar-refractivity contribution in [2.24, 2.45) is 5.14 Å². The van der Waals surface area contributed by atoms with E-state index in [0.29, 0.717) is 11.3 Å². The molecule has 1 heterocycles. The van der Waals surface area contributed by atoms with Gasteiger partial charge in [0.05, 0.1) is 39.9 Å². The molecule has 0 atom stereocenters. The van der Waals surface area contributed by atoms with Crippen molar-refractivity contribution in [3.63, 3.8) is 0 Å². The number of nitrogens with zero attached hydrogens (tertiary/aromatic N) is 2. The van der Waals surface area contributed by atoms with Gasteiger partial charge in [0.1, 0.15) is 5.82 Å². The van der Waals surface area contributed by atoms with E-state index in [2.05, 4.69) is 4.98 Å². The van der Waals surface area contributed by atoms with Crippen LogP contribution >= 0.6 is 23.2 Å². The molecule has 0 saturated carbocycles. The molecule has 0 aliphatic heterocycles. The zero-order chi connectivity index (χ0) is 22.3. The number of benzene rings is 2. The van der Waals surface area contributed by atoms with Gasteiger partial charge in [-0.1, -0.05) is 23.2 Å². The predicted octanol–water partition coefficient (Wildman–Crippen LogP) is 4.61. The molecule has 6 nitrogen and oxygen atoms in total. The molecule has 3 rings (SSSR count). The van der Waals surface area contributed by atoms with Crippen LogP contribution in [0, 0.1) is 0 Å². The summed E-state index contributed by atoms with van der Waals surface area (Å²) in [4.78, 5) is 3.94. The molecule has 2 N–H and O–H groups in total. The molecule has 0 radical (unpaired) electrons. The van der Waals surface area contributed by atoms with E-state index in [1.807, 2.05) is 0 Å². The van der Waals surface area contributed by atoms with Crippen LogP contribution in [0.4, 0.5) is 13.2 Å². The van der Waals surface area contributed by atoms with Gasteiger partial charge in [0.15, 0.2) is 5.75 Å². The first kappa shape index (κ1) is 22.4. The van der Waals surface area contributed by atoms with Gasteiger partial charge in [-0.3, -0.25) is 4.57 Å². The molecule has 0 spiro atoms. The first-order valence-electron chi connectivity index (χ1n) is 8.20. The maximum Gasteiger partial charge on any atom is 0.394 e. The minimum Gasteiger partial charge on any atom is -0.494 e. The van der Waals surface area contributed by atoms with E-state index in [1.54, 1.807) is 0 Å². The van der Waals surface area contributed by atoms with E-state index in [-0.39, 0.29) is 32.2 Å². The van der Waals surface area contributed by atoms with E-state index in [9.17, 15) is 21.6 Å². The van der Waals surface area contributed by atoms with E-state index in [4.69, 9.17) is 33.1 Å². The number of halogens is 5. The van der Waals surface area contributed by atoms with Gasteiger partial charge in [-0.25, -0.2) is 18.5 Å². The SMILES string of the molecule is COc1c(Cl)cc(-n2cc(CC(F)(F)F)nc2-c2ccc(S(N)(=O)=O)cc2)cc1Cl. The molecule has 1 aromatic heterocycles. The van der Waals surface area contributed by atoms with Crippen LogP contribution in [0.25, 0.3) is 17.1 Å². The fourth-order valence-corrected chi connectivity index (χ4v) is 3.94. The molecule has 160 valence electrons. The van der Waals surface area contributed by atoms with Crippen LogP contribution in [-0.4, -0.2) is 31.3 Å². The topological polar surface area (TPSA) is 87.2 Å². The third kappa shape index (κ3) is 4.89. The summed E-state index contributed by atoms with van der Waals surface area (Å²) in [5, 5.41) is 5.39. The molecule has 0 aliphatic rings. The van der Waals surface area contributed by atoms with Crippen LogP contribution < -0.4 is 9.88 Å². The number of aromatic nitrogens is 2. The first-order valence-corrected chi connectivity index (χ1v) is 10.5. The van der Waals surface area contributed by atoms with Crippen molar-refractivity contribution in [1.82, 2.24) is 9.55 Å². The molecular weight excluding hydrogens is 466 g/mol. The Kier molecular flexibility index (Phi) is 6.06. The molecule has 0 unspecified atom stereocenters. The molecule has 30 heavy (non-hydrogen) atoms. The third-order valence-corrected chi connectivity index (χ3v) is 5.53. The van der Waals surface area contributed by atoms with Crippen molar-refractivity contribution in [3.05, 3.63) is 58.3 Å².